The first kappa shape index (κ1) is 12.8. The Balaban J connectivity index is 1.81. The van der Waals surface area contributed by atoms with Gasteiger partial charge in [0.15, 0.2) is 0 Å². The van der Waals surface area contributed by atoms with Crippen molar-refractivity contribution < 1.29 is 4.74 Å². The zero-order valence-electron chi connectivity index (χ0n) is 11.3. The highest BCUT2D eigenvalue weighted by Gasteiger charge is 2.37. The number of nitriles is 1. The second-order valence-corrected chi connectivity index (χ2v) is 5.22. The van der Waals surface area contributed by atoms with Gasteiger partial charge >= 0.3 is 0 Å². The first-order chi connectivity index (χ1) is 9.74. The molecular weight excluding hydrogens is 254 g/mol. The largest absolute Gasteiger partial charge is 0.380 e. The summed E-state index contributed by atoms with van der Waals surface area (Å²) in [5, 5.41) is 17.2. The molecule has 2 aromatic heterocycles. The number of hydrogen-bond donors (Lipinski definition) is 0. The van der Waals surface area contributed by atoms with Crippen molar-refractivity contribution in [2.24, 2.45) is 5.41 Å². The normalized spacial score (nSPS) is 16.4. The molecule has 102 valence electrons. The number of aromatic nitrogens is 4. The number of pyridine rings is 1. The first-order valence-corrected chi connectivity index (χ1v) is 6.58. The van der Waals surface area contributed by atoms with Crippen LogP contribution in [0.3, 0.4) is 0 Å². The van der Waals surface area contributed by atoms with Gasteiger partial charge in [0.1, 0.15) is 11.8 Å². The molecule has 0 unspecified atom stereocenters. The van der Waals surface area contributed by atoms with Crippen molar-refractivity contribution in [3.63, 3.8) is 0 Å². The van der Waals surface area contributed by atoms with Gasteiger partial charge in [0.25, 0.3) is 0 Å². The fourth-order valence-corrected chi connectivity index (χ4v) is 2.29. The smallest absolute Gasteiger partial charge is 0.114 e. The molecule has 1 saturated heterocycles. The minimum atomic E-state index is 0.192. The van der Waals surface area contributed by atoms with E-state index in [1.807, 2.05) is 10.9 Å². The molecule has 20 heavy (non-hydrogen) atoms. The van der Waals surface area contributed by atoms with Crippen LogP contribution in [-0.4, -0.2) is 33.2 Å². The predicted octanol–water partition coefficient (Wildman–Crippen LogP) is 1.64. The van der Waals surface area contributed by atoms with Crippen LogP contribution in [0.25, 0.3) is 11.3 Å². The Morgan fingerprint density at radius 2 is 2.30 bits per heavy atom. The van der Waals surface area contributed by atoms with Gasteiger partial charge in [-0.3, -0.25) is 9.67 Å². The first-order valence-electron chi connectivity index (χ1n) is 6.58. The highest BCUT2D eigenvalue weighted by atomic mass is 16.5. The minimum absolute atomic E-state index is 0.192. The quantitative estimate of drug-likeness (QED) is 0.843. The van der Waals surface area contributed by atoms with E-state index in [2.05, 4.69) is 28.3 Å². The summed E-state index contributed by atoms with van der Waals surface area (Å²) in [6.07, 6.45) is 6.19. The molecule has 0 spiro atoms. The SMILES string of the molecule is CCC1(Cn2cc(-c3cncc(C#N)c3)nn2)COC1. The zero-order chi connectivity index (χ0) is 14.0. The van der Waals surface area contributed by atoms with Crippen LogP contribution >= 0.6 is 0 Å². The summed E-state index contributed by atoms with van der Waals surface area (Å²) < 4.78 is 7.16. The third kappa shape index (κ3) is 2.28. The van der Waals surface area contributed by atoms with Crippen molar-refractivity contribution in [1.29, 1.82) is 5.26 Å². The van der Waals surface area contributed by atoms with Gasteiger partial charge in [-0.05, 0) is 12.5 Å². The number of nitrogens with zero attached hydrogens (tertiary/aromatic N) is 5. The minimum Gasteiger partial charge on any atom is -0.380 e. The molecule has 0 amide bonds. The molecule has 0 saturated carbocycles. The van der Waals surface area contributed by atoms with E-state index in [4.69, 9.17) is 10.00 Å². The van der Waals surface area contributed by atoms with E-state index >= 15 is 0 Å². The summed E-state index contributed by atoms with van der Waals surface area (Å²) >= 11 is 0. The predicted molar refractivity (Wildman–Crippen MR) is 71.5 cm³/mol. The maximum Gasteiger partial charge on any atom is 0.114 e. The van der Waals surface area contributed by atoms with Gasteiger partial charge < -0.3 is 4.74 Å². The molecule has 1 aliphatic heterocycles. The molecule has 3 heterocycles. The van der Waals surface area contributed by atoms with Crippen molar-refractivity contribution in [2.45, 2.75) is 19.9 Å². The fourth-order valence-electron chi connectivity index (χ4n) is 2.29. The Morgan fingerprint density at radius 1 is 1.45 bits per heavy atom. The van der Waals surface area contributed by atoms with Gasteiger partial charge in [-0.15, -0.1) is 5.10 Å². The maximum atomic E-state index is 8.89. The Hall–Kier alpha value is -2.26. The summed E-state index contributed by atoms with van der Waals surface area (Å²) in [5.74, 6) is 0. The van der Waals surface area contributed by atoms with Crippen LogP contribution < -0.4 is 0 Å². The maximum absolute atomic E-state index is 8.89. The molecule has 1 aliphatic rings. The average Bonchev–Trinajstić information content (AvgIpc) is 2.91. The Bertz CT molecular complexity index is 648. The van der Waals surface area contributed by atoms with Crippen LogP contribution in [0, 0.1) is 16.7 Å². The highest BCUT2D eigenvalue weighted by molar-refractivity contribution is 5.58. The van der Waals surface area contributed by atoms with Gasteiger partial charge in [-0.25, -0.2) is 0 Å². The molecule has 0 atom stereocenters. The van der Waals surface area contributed by atoms with Gasteiger partial charge in [-0.1, -0.05) is 12.1 Å². The standard InChI is InChI=1S/C14H15N5O/c1-2-14(9-20-10-14)8-19-7-13(17-18-19)12-3-11(4-15)5-16-6-12/h3,5-7H,2,8-10H2,1H3. The van der Waals surface area contributed by atoms with E-state index in [-0.39, 0.29) is 5.41 Å². The second-order valence-electron chi connectivity index (χ2n) is 5.22. The van der Waals surface area contributed by atoms with Crippen LogP contribution in [0.4, 0.5) is 0 Å². The molecule has 0 radical (unpaired) electrons. The third-order valence-corrected chi connectivity index (χ3v) is 3.77. The van der Waals surface area contributed by atoms with E-state index in [9.17, 15) is 0 Å². The van der Waals surface area contributed by atoms with E-state index < -0.39 is 0 Å². The number of ether oxygens (including phenoxy) is 1. The molecule has 6 nitrogen and oxygen atoms in total. The summed E-state index contributed by atoms with van der Waals surface area (Å²) in [7, 11) is 0. The summed E-state index contributed by atoms with van der Waals surface area (Å²) in [6, 6.07) is 3.84. The van der Waals surface area contributed by atoms with Crippen LogP contribution in [-0.2, 0) is 11.3 Å². The monoisotopic (exact) mass is 269 g/mol. The van der Waals surface area contributed by atoms with Crippen molar-refractivity contribution in [3.05, 3.63) is 30.2 Å². The summed E-state index contributed by atoms with van der Waals surface area (Å²) in [6.45, 7) is 4.54. The molecule has 0 aromatic carbocycles. The Kier molecular flexibility index (Phi) is 3.20. The average molecular weight is 269 g/mol. The molecular formula is C14H15N5O. The topological polar surface area (TPSA) is 76.6 Å². The molecule has 3 rings (SSSR count). The summed E-state index contributed by atoms with van der Waals surface area (Å²) in [4.78, 5) is 4.04. The second kappa shape index (κ2) is 5.02. The Morgan fingerprint density at radius 3 is 2.95 bits per heavy atom. The van der Waals surface area contributed by atoms with E-state index in [0.717, 1.165) is 37.4 Å². The molecule has 0 N–H and O–H groups in total. The lowest BCUT2D eigenvalue weighted by atomic mass is 9.83. The van der Waals surface area contributed by atoms with Crippen molar-refractivity contribution in [2.75, 3.05) is 13.2 Å². The fraction of sp³-hybridized carbons (Fsp3) is 0.429. The zero-order valence-corrected chi connectivity index (χ0v) is 11.3. The third-order valence-electron chi connectivity index (χ3n) is 3.77. The van der Waals surface area contributed by atoms with Gasteiger partial charge in [-0.2, -0.15) is 5.26 Å². The van der Waals surface area contributed by atoms with Crippen molar-refractivity contribution in [3.8, 4) is 17.3 Å². The lowest BCUT2D eigenvalue weighted by Crippen LogP contribution is -2.45. The molecule has 0 bridgehead atoms. The lowest BCUT2D eigenvalue weighted by Gasteiger charge is -2.40. The van der Waals surface area contributed by atoms with Crippen LogP contribution in [0.5, 0.6) is 0 Å². The molecule has 0 aliphatic carbocycles. The number of hydrogen-bond acceptors (Lipinski definition) is 5. The van der Waals surface area contributed by atoms with Gasteiger partial charge in [0.05, 0.1) is 31.5 Å². The highest BCUT2D eigenvalue weighted by Crippen LogP contribution is 2.33. The van der Waals surface area contributed by atoms with Gasteiger partial charge in [0, 0.05) is 23.4 Å². The van der Waals surface area contributed by atoms with Crippen molar-refractivity contribution >= 4 is 0 Å². The molecule has 6 heteroatoms. The van der Waals surface area contributed by atoms with E-state index in [1.165, 1.54) is 6.20 Å². The van der Waals surface area contributed by atoms with Crippen LogP contribution in [0.2, 0.25) is 0 Å². The molecule has 1 fully saturated rings. The number of rotatable bonds is 4. The van der Waals surface area contributed by atoms with Gasteiger partial charge in [0.2, 0.25) is 0 Å². The van der Waals surface area contributed by atoms with Crippen LogP contribution in [0.15, 0.2) is 24.7 Å². The van der Waals surface area contributed by atoms with Crippen LogP contribution in [0.1, 0.15) is 18.9 Å². The summed E-state index contributed by atoms with van der Waals surface area (Å²) in [5.41, 5.74) is 2.26. The van der Waals surface area contributed by atoms with E-state index in [0.29, 0.717) is 5.56 Å². The van der Waals surface area contributed by atoms with E-state index in [1.54, 1.807) is 12.3 Å². The van der Waals surface area contributed by atoms with Crippen molar-refractivity contribution in [1.82, 2.24) is 20.0 Å². The molecule has 2 aromatic rings. The Labute approximate surface area is 117 Å². The lowest BCUT2D eigenvalue weighted by molar-refractivity contribution is -0.125.